The molecule has 1 N–H and O–H groups in total. The Morgan fingerprint density at radius 1 is 1.23 bits per heavy atom. The van der Waals surface area contributed by atoms with Crippen LogP contribution in [0.4, 0.5) is 5.69 Å². The molecule has 3 rings (SSSR count). The van der Waals surface area contributed by atoms with Crippen molar-refractivity contribution in [2.24, 2.45) is 11.0 Å². The number of nitrogens with one attached hydrogen (secondary N) is 1. The molecule has 6 nitrogen and oxygen atoms in total. The molecule has 1 heterocycles. The van der Waals surface area contributed by atoms with Gasteiger partial charge in [-0.3, -0.25) is 9.59 Å². The normalized spacial score (nSPS) is 16.9. The van der Waals surface area contributed by atoms with Crippen molar-refractivity contribution in [3.05, 3.63) is 59.1 Å². The molecule has 1 atom stereocenters. The Morgan fingerprint density at radius 3 is 2.58 bits per heavy atom. The molecular weight excluding hydrogens is 354 g/mol. The number of methoxy groups -OCH3 is 1. The van der Waals surface area contributed by atoms with E-state index >= 15 is 0 Å². The number of hydrogen-bond donors (Lipinski definition) is 1. The zero-order valence-corrected chi connectivity index (χ0v) is 14.9. The molecular formula is C19H18ClN3O3. The highest BCUT2D eigenvalue weighted by Gasteiger charge is 2.35. The van der Waals surface area contributed by atoms with Crippen LogP contribution < -0.4 is 15.1 Å². The van der Waals surface area contributed by atoms with E-state index in [-0.39, 0.29) is 18.2 Å². The molecule has 2 amide bonds. The second-order valence-electron chi connectivity index (χ2n) is 5.89. The first-order valence-electron chi connectivity index (χ1n) is 8.09. The van der Waals surface area contributed by atoms with Gasteiger partial charge in [0, 0.05) is 23.7 Å². The molecule has 1 aliphatic rings. The van der Waals surface area contributed by atoms with Crippen LogP contribution in [0, 0.1) is 5.92 Å². The predicted octanol–water partition coefficient (Wildman–Crippen LogP) is 2.85. The Bertz CT molecular complexity index is 819. The summed E-state index contributed by atoms with van der Waals surface area (Å²) in [6, 6.07) is 14.2. The number of anilines is 1. The minimum absolute atomic E-state index is 0.0861. The first-order chi connectivity index (χ1) is 12.6. The topological polar surface area (TPSA) is 71.0 Å². The number of hydrogen-bond acceptors (Lipinski definition) is 4. The van der Waals surface area contributed by atoms with Crippen LogP contribution in [0.3, 0.4) is 0 Å². The van der Waals surface area contributed by atoms with E-state index in [1.54, 1.807) is 60.5 Å². The Kier molecular flexibility index (Phi) is 5.53. The lowest BCUT2D eigenvalue weighted by atomic mass is 10.1. The van der Waals surface area contributed by atoms with Gasteiger partial charge in [-0.15, -0.1) is 0 Å². The fourth-order valence-electron chi connectivity index (χ4n) is 2.71. The van der Waals surface area contributed by atoms with Crippen molar-refractivity contribution in [3.63, 3.8) is 0 Å². The Morgan fingerprint density at radius 2 is 1.92 bits per heavy atom. The smallest absolute Gasteiger partial charge is 0.245 e. The SMILES string of the molecule is COc1ccc(N2C[C@@H](C(=O)NN=Cc3ccc(Cl)cc3)CC2=O)cc1. The Balaban J connectivity index is 1.58. The summed E-state index contributed by atoms with van der Waals surface area (Å²) in [7, 11) is 1.58. The van der Waals surface area contributed by atoms with E-state index in [1.807, 2.05) is 0 Å². The second kappa shape index (κ2) is 8.01. The van der Waals surface area contributed by atoms with Crippen molar-refractivity contribution in [2.75, 3.05) is 18.6 Å². The lowest BCUT2D eigenvalue weighted by Crippen LogP contribution is -2.30. The fraction of sp³-hybridized carbons (Fsp3) is 0.211. The van der Waals surface area contributed by atoms with Gasteiger partial charge < -0.3 is 9.64 Å². The zero-order chi connectivity index (χ0) is 18.5. The highest BCUT2D eigenvalue weighted by molar-refractivity contribution is 6.30. The van der Waals surface area contributed by atoms with Gasteiger partial charge >= 0.3 is 0 Å². The van der Waals surface area contributed by atoms with Crippen molar-refractivity contribution in [1.82, 2.24) is 5.43 Å². The molecule has 0 aliphatic carbocycles. The van der Waals surface area contributed by atoms with Crippen LogP contribution in [0.15, 0.2) is 53.6 Å². The van der Waals surface area contributed by atoms with Gasteiger partial charge in [0.15, 0.2) is 0 Å². The number of hydrazone groups is 1. The minimum atomic E-state index is -0.438. The highest BCUT2D eigenvalue weighted by atomic mass is 35.5. The summed E-state index contributed by atoms with van der Waals surface area (Å²) < 4.78 is 5.11. The van der Waals surface area contributed by atoms with E-state index in [0.29, 0.717) is 17.3 Å². The molecule has 0 spiro atoms. The average molecular weight is 372 g/mol. The maximum atomic E-state index is 12.3. The van der Waals surface area contributed by atoms with Crippen LogP contribution in [-0.4, -0.2) is 31.7 Å². The van der Waals surface area contributed by atoms with E-state index in [2.05, 4.69) is 10.5 Å². The number of carbonyl (C=O) groups excluding carboxylic acids is 2. The van der Waals surface area contributed by atoms with E-state index in [4.69, 9.17) is 16.3 Å². The molecule has 1 saturated heterocycles. The Labute approximate surface area is 156 Å². The first-order valence-corrected chi connectivity index (χ1v) is 8.47. The summed E-state index contributed by atoms with van der Waals surface area (Å²) in [5, 5.41) is 4.58. The van der Waals surface area contributed by atoms with Crippen LogP contribution in [0.1, 0.15) is 12.0 Å². The third-order valence-corrected chi connectivity index (χ3v) is 4.39. The number of nitrogens with zero attached hydrogens (tertiary/aromatic N) is 2. The van der Waals surface area contributed by atoms with Crippen molar-refractivity contribution < 1.29 is 14.3 Å². The fourth-order valence-corrected chi connectivity index (χ4v) is 2.83. The molecule has 7 heteroatoms. The molecule has 0 saturated carbocycles. The van der Waals surface area contributed by atoms with Crippen LogP contribution in [0.2, 0.25) is 5.02 Å². The summed E-state index contributed by atoms with van der Waals surface area (Å²) >= 11 is 5.82. The number of rotatable bonds is 5. The molecule has 1 aliphatic heterocycles. The van der Waals surface area contributed by atoms with Crippen LogP contribution in [0.25, 0.3) is 0 Å². The summed E-state index contributed by atoms with van der Waals surface area (Å²) in [6.45, 7) is 0.327. The summed E-state index contributed by atoms with van der Waals surface area (Å²) in [5.41, 5.74) is 4.06. The van der Waals surface area contributed by atoms with Crippen LogP contribution in [-0.2, 0) is 9.59 Å². The molecule has 0 bridgehead atoms. The van der Waals surface area contributed by atoms with Gasteiger partial charge in [-0.05, 0) is 42.0 Å². The van der Waals surface area contributed by atoms with Gasteiger partial charge in [0.2, 0.25) is 11.8 Å². The van der Waals surface area contributed by atoms with Gasteiger partial charge in [-0.1, -0.05) is 23.7 Å². The third kappa shape index (κ3) is 4.21. The quantitative estimate of drug-likeness (QED) is 0.649. The molecule has 26 heavy (non-hydrogen) atoms. The average Bonchev–Trinajstić information content (AvgIpc) is 3.05. The molecule has 0 unspecified atom stereocenters. The molecule has 0 radical (unpaired) electrons. The summed E-state index contributed by atoms with van der Waals surface area (Å²) in [6.07, 6.45) is 1.70. The van der Waals surface area contributed by atoms with E-state index in [9.17, 15) is 9.59 Å². The third-order valence-electron chi connectivity index (χ3n) is 4.14. The van der Waals surface area contributed by atoms with Gasteiger partial charge in [0.25, 0.3) is 0 Å². The first kappa shape index (κ1) is 17.9. The van der Waals surface area contributed by atoms with Gasteiger partial charge in [-0.25, -0.2) is 5.43 Å². The molecule has 134 valence electrons. The minimum Gasteiger partial charge on any atom is -0.497 e. The molecule has 1 fully saturated rings. The highest BCUT2D eigenvalue weighted by Crippen LogP contribution is 2.26. The number of halogens is 1. The maximum absolute atomic E-state index is 12.3. The maximum Gasteiger partial charge on any atom is 0.245 e. The van der Waals surface area contributed by atoms with Crippen molar-refractivity contribution in [2.45, 2.75) is 6.42 Å². The van der Waals surface area contributed by atoms with Crippen molar-refractivity contribution in [1.29, 1.82) is 0 Å². The van der Waals surface area contributed by atoms with E-state index in [1.165, 1.54) is 6.21 Å². The zero-order valence-electron chi connectivity index (χ0n) is 14.2. The van der Waals surface area contributed by atoms with Crippen LogP contribution >= 0.6 is 11.6 Å². The Hall–Kier alpha value is -2.86. The lowest BCUT2D eigenvalue weighted by Gasteiger charge is -2.16. The van der Waals surface area contributed by atoms with Crippen molar-refractivity contribution >= 4 is 35.3 Å². The summed E-state index contributed by atoms with van der Waals surface area (Å²) in [4.78, 5) is 26.1. The number of amides is 2. The largest absolute Gasteiger partial charge is 0.497 e. The standard InChI is InChI=1S/C19H18ClN3O3/c1-26-17-8-6-16(7-9-17)23-12-14(10-18(23)24)19(25)22-21-11-13-2-4-15(20)5-3-13/h2-9,11,14H,10,12H2,1H3,(H,22,25)/t14-/m0/s1. The monoisotopic (exact) mass is 371 g/mol. The van der Waals surface area contributed by atoms with E-state index < -0.39 is 5.92 Å². The molecule has 0 aromatic heterocycles. The van der Waals surface area contributed by atoms with Gasteiger partial charge in [0.05, 0.1) is 19.2 Å². The van der Waals surface area contributed by atoms with E-state index in [0.717, 1.165) is 11.3 Å². The van der Waals surface area contributed by atoms with Crippen LogP contribution in [0.5, 0.6) is 5.75 Å². The second-order valence-corrected chi connectivity index (χ2v) is 6.33. The summed E-state index contributed by atoms with van der Waals surface area (Å²) in [5.74, 6) is -0.0882. The molecule has 2 aromatic carbocycles. The number of carbonyl (C=O) groups is 2. The number of benzene rings is 2. The number of ether oxygens (including phenoxy) is 1. The predicted molar refractivity (Wildman–Crippen MR) is 101 cm³/mol. The molecule has 2 aromatic rings. The lowest BCUT2D eigenvalue weighted by molar-refractivity contribution is -0.126. The van der Waals surface area contributed by atoms with Gasteiger partial charge in [0.1, 0.15) is 5.75 Å². The van der Waals surface area contributed by atoms with Crippen molar-refractivity contribution in [3.8, 4) is 5.75 Å². The van der Waals surface area contributed by atoms with Gasteiger partial charge in [-0.2, -0.15) is 5.10 Å².